The van der Waals surface area contributed by atoms with E-state index in [1.54, 1.807) is 0 Å². The van der Waals surface area contributed by atoms with E-state index in [0.717, 1.165) is 24.4 Å². The van der Waals surface area contributed by atoms with Gasteiger partial charge in [0.1, 0.15) is 0 Å². The molecular weight excluding hydrogens is 252 g/mol. The van der Waals surface area contributed by atoms with Crippen molar-refractivity contribution in [1.82, 2.24) is 9.88 Å². The number of hydrogen-bond acceptors (Lipinski definition) is 2. The second kappa shape index (κ2) is 6.85. The van der Waals surface area contributed by atoms with Gasteiger partial charge in [0.05, 0.1) is 0 Å². The van der Waals surface area contributed by atoms with E-state index in [1.165, 1.54) is 42.6 Å². The lowest BCUT2D eigenvalue weighted by Crippen LogP contribution is -2.33. The van der Waals surface area contributed by atoms with Crippen molar-refractivity contribution < 1.29 is 0 Å². The molecule has 0 aliphatic heterocycles. The molecule has 0 radical (unpaired) electrons. The third-order valence-corrected chi connectivity index (χ3v) is 5.72. The molecule has 108 valence electrons. The van der Waals surface area contributed by atoms with Gasteiger partial charge >= 0.3 is 0 Å². The van der Waals surface area contributed by atoms with E-state index in [4.69, 9.17) is 0 Å². The summed E-state index contributed by atoms with van der Waals surface area (Å²) in [5, 5.41) is 4.67. The smallest absolute Gasteiger partial charge is 0.0225 e. The van der Waals surface area contributed by atoms with Crippen LogP contribution in [0.15, 0.2) is 6.07 Å². The minimum absolute atomic E-state index is 0.730. The number of thioether (sulfide) groups is 1. The van der Waals surface area contributed by atoms with Gasteiger partial charge in [-0.15, -0.1) is 0 Å². The lowest BCUT2D eigenvalue weighted by molar-refractivity contribution is 0.378. The SMILES string of the molecule is CCn1c(C)cc(CNC2CCC(SC)CC2)c1C. The van der Waals surface area contributed by atoms with E-state index in [9.17, 15) is 0 Å². The number of nitrogens with one attached hydrogen (secondary N) is 1. The molecule has 2 nitrogen and oxygen atoms in total. The van der Waals surface area contributed by atoms with E-state index in [2.05, 4.69) is 43.0 Å². The van der Waals surface area contributed by atoms with Gasteiger partial charge in [0.2, 0.25) is 0 Å². The fourth-order valence-corrected chi connectivity index (χ4v) is 4.04. The van der Waals surface area contributed by atoms with Gasteiger partial charge in [0, 0.05) is 35.8 Å². The zero-order chi connectivity index (χ0) is 13.8. The van der Waals surface area contributed by atoms with Gasteiger partial charge in [0.15, 0.2) is 0 Å². The van der Waals surface area contributed by atoms with Gasteiger partial charge < -0.3 is 9.88 Å². The average molecular weight is 280 g/mol. The van der Waals surface area contributed by atoms with Crippen LogP contribution in [0.1, 0.15) is 49.6 Å². The van der Waals surface area contributed by atoms with Crippen molar-refractivity contribution in [1.29, 1.82) is 0 Å². The Labute approximate surface area is 122 Å². The van der Waals surface area contributed by atoms with E-state index < -0.39 is 0 Å². The lowest BCUT2D eigenvalue weighted by atomic mass is 9.95. The molecule has 2 rings (SSSR count). The maximum atomic E-state index is 3.77. The van der Waals surface area contributed by atoms with E-state index in [1.807, 2.05) is 11.8 Å². The molecule has 0 spiro atoms. The highest BCUT2D eigenvalue weighted by Gasteiger charge is 2.20. The summed E-state index contributed by atoms with van der Waals surface area (Å²) in [5.41, 5.74) is 4.31. The van der Waals surface area contributed by atoms with Crippen LogP contribution < -0.4 is 5.32 Å². The molecule has 0 bridgehead atoms. The summed E-state index contributed by atoms with van der Waals surface area (Å²) in [6, 6.07) is 3.08. The summed E-state index contributed by atoms with van der Waals surface area (Å²) >= 11 is 2.04. The van der Waals surface area contributed by atoms with Crippen LogP contribution >= 0.6 is 11.8 Å². The molecule has 1 fully saturated rings. The molecule has 0 unspecified atom stereocenters. The summed E-state index contributed by atoms with van der Waals surface area (Å²) in [6.45, 7) is 8.80. The maximum absolute atomic E-state index is 3.77. The fraction of sp³-hybridized carbons (Fsp3) is 0.750. The predicted octanol–water partition coefficient (Wildman–Crippen LogP) is 3.89. The Balaban J connectivity index is 1.86. The third kappa shape index (κ3) is 3.57. The first-order valence-corrected chi connectivity index (χ1v) is 8.86. The monoisotopic (exact) mass is 280 g/mol. The summed E-state index contributed by atoms with van der Waals surface area (Å²) < 4.78 is 2.40. The number of hydrogen-bond donors (Lipinski definition) is 1. The number of aromatic nitrogens is 1. The molecule has 1 aromatic heterocycles. The minimum Gasteiger partial charge on any atom is -0.349 e. The molecule has 0 saturated heterocycles. The second-order valence-corrected chi connectivity index (χ2v) is 6.87. The molecule has 1 aliphatic rings. The van der Waals surface area contributed by atoms with Crippen molar-refractivity contribution in [2.45, 2.75) is 70.8 Å². The fourth-order valence-electron chi connectivity index (χ4n) is 3.29. The van der Waals surface area contributed by atoms with Crippen molar-refractivity contribution in [2.24, 2.45) is 0 Å². The number of aryl methyl sites for hydroxylation is 1. The molecule has 0 atom stereocenters. The molecule has 1 aromatic rings. The first kappa shape index (κ1) is 15.0. The van der Waals surface area contributed by atoms with Crippen molar-refractivity contribution in [2.75, 3.05) is 6.26 Å². The molecule has 1 N–H and O–H groups in total. The first-order valence-electron chi connectivity index (χ1n) is 7.57. The molecular formula is C16H28N2S. The first-order chi connectivity index (χ1) is 9.15. The van der Waals surface area contributed by atoms with Crippen LogP contribution in [0.3, 0.4) is 0 Å². The van der Waals surface area contributed by atoms with Crippen molar-refractivity contribution >= 4 is 11.8 Å². The zero-order valence-electron chi connectivity index (χ0n) is 12.8. The van der Waals surface area contributed by atoms with E-state index >= 15 is 0 Å². The normalized spacial score (nSPS) is 23.8. The van der Waals surface area contributed by atoms with Crippen LogP contribution in [0.5, 0.6) is 0 Å². The molecule has 1 heterocycles. The van der Waals surface area contributed by atoms with Gasteiger partial charge in [0.25, 0.3) is 0 Å². The quantitative estimate of drug-likeness (QED) is 0.881. The lowest BCUT2D eigenvalue weighted by Gasteiger charge is -2.28. The third-order valence-electron chi connectivity index (χ3n) is 4.58. The summed E-state index contributed by atoms with van der Waals surface area (Å²) in [6.07, 6.45) is 7.70. The molecule has 3 heteroatoms. The molecule has 0 amide bonds. The van der Waals surface area contributed by atoms with Crippen LogP contribution in [0, 0.1) is 13.8 Å². The van der Waals surface area contributed by atoms with Crippen molar-refractivity contribution in [3.05, 3.63) is 23.0 Å². The zero-order valence-corrected chi connectivity index (χ0v) is 13.6. The van der Waals surface area contributed by atoms with E-state index in [0.29, 0.717) is 0 Å². The van der Waals surface area contributed by atoms with Crippen LogP contribution in [0.4, 0.5) is 0 Å². The Hall–Kier alpha value is -0.410. The van der Waals surface area contributed by atoms with Gasteiger partial charge in [-0.25, -0.2) is 0 Å². The predicted molar refractivity (Wildman–Crippen MR) is 86.0 cm³/mol. The maximum Gasteiger partial charge on any atom is 0.0225 e. The Morgan fingerprint density at radius 3 is 2.47 bits per heavy atom. The van der Waals surface area contributed by atoms with E-state index in [-0.39, 0.29) is 0 Å². The van der Waals surface area contributed by atoms with Crippen molar-refractivity contribution in [3.8, 4) is 0 Å². The minimum atomic E-state index is 0.730. The summed E-state index contributed by atoms with van der Waals surface area (Å²) in [7, 11) is 0. The molecule has 19 heavy (non-hydrogen) atoms. The van der Waals surface area contributed by atoms with Crippen molar-refractivity contribution in [3.63, 3.8) is 0 Å². The second-order valence-electron chi connectivity index (χ2n) is 5.73. The van der Waals surface area contributed by atoms with Gasteiger partial charge in [-0.1, -0.05) is 0 Å². The topological polar surface area (TPSA) is 17.0 Å². The van der Waals surface area contributed by atoms with Crippen LogP contribution in [0.2, 0.25) is 0 Å². The highest BCUT2D eigenvalue weighted by molar-refractivity contribution is 7.99. The van der Waals surface area contributed by atoms with Gasteiger partial charge in [-0.05, 0) is 64.3 Å². The number of rotatable bonds is 5. The average Bonchev–Trinajstić information content (AvgIpc) is 2.71. The Bertz CT molecular complexity index is 403. The van der Waals surface area contributed by atoms with Gasteiger partial charge in [-0.2, -0.15) is 11.8 Å². The van der Waals surface area contributed by atoms with Crippen LogP contribution in [-0.2, 0) is 13.1 Å². The Morgan fingerprint density at radius 2 is 1.95 bits per heavy atom. The Kier molecular flexibility index (Phi) is 5.40. The number of nitrogens with zero attached hydrogens (tertiary/aromatic N) is 1. The summed E-state index contributed by atoms with van der Waals surface area (Å²) in [5.74, 6) is 0. The largest absolute Gasteiger partial charge is 0.349 e. The molecule has 1 saturated carbocycles. The van der Waals surface area contributed by atoms with Crippen LogP contribution in [-0.4, -0.2) is 22.1 Å². The highest BCUT2D eigenvalue weighted by Crippen LogP contribution is 2.27. The molecule has 0 aromatic carbocycles. The highest BCUT2D eigenvalue weighted by atomic mass is 32.2. The Morgan fingerprint density at radius 1 is 1.26 bits per heavy atom. The summed E-state index contributed by atoms with van der Waals surface area (Å²) in [4.78, 5) is 0. The van der Waals surface area contributed by atoms with Crippen LogP contribution in [0.25, 0.3) is 0 Å². The van der Waals surface area contributed by atoms with Gasteiger partial charge in [-0.3, -0.25) is 0 Å². The standard InChI is InChI=1S/C16H28N2S/c1-5-18-12(2)10-14(13(18)3)11-17-15-6-8-16(19-4)9-7-15/h10,15-17H,5-9,11H2,1-4H3. The molecule has 1 aliphatic carbocycles.